The molecule has 4 nitrogen and oxygen atoms in total. The van der Waals surface area contributed by atoms with Crippen molar-refractivity contribution in [2.75, 3.05) is 0 Å². The summed E-state index contributed by atoms with van der Waals surface area (Å²) >= 11 is 0. The maximum absolute atomic E-state index is 12.0. The van der Waals surface area contributed by atoms with Gasteiger partial charge in [0.2, 0.25) is 5.91 Å². The van der Waals surface area contributed by atoms with Gasteiger partial charge in [-0.2, -0.15) is 0 Å². The second-order valence-electron chi connectivity index (χ2n) is 5.62. The number of rotatable bonds is 4. The fourth-order valence-corrected chi connectivity index (χ4v) is 2.53. The Kier molecular flexibility index (Phi) is 3.60. The van der Waals surface area contributed by atoms with E-state index in [9.17, 15) is 9.59 Å². The van der Waals surface area contributed by atoms with E-state index in [1.807, 2.05) is 12.1 Å². The van der Waals surface area contributed by atoms with Crippen LogP contribution < -0.4 is 5.32 Å². The highest BCUT2D eigenvalue weighted by Gasteiger charge is 2.31. The number of aliphatic carboxylic acids is 1. The van der Waals surface area contributed by atoms with Gasteiger partial charge in [0.15, 0.2) is 0 Å². The number of hydrogen-bond donors (Lipinski definition) is 2. The number of benzene rings is 1. The van der Waals surface area contributed by atoms with Gasteiger partial charge in [-0.15, -0.1) is 0 Å². The van der Waals surface area contributed by atoms with E-state index in [0.29, 0.717) is 6.42 Å². The van der Waals surface area contributed by atoms with E-state index < -0.39 is 11.5 Å². The van der Waals surface area contributed by atoms with Crippen molar-refractivity contribution in [2.24, 2.45) is 0 Å². The first-order valence-electron chi connectivity index (χ1n) is 6.52. The lowest BCUT2D eigenvalue weighted by Crippen LogP contribution is -2.49. The molecular formula is C15H19NO3. The highest BCUT2D eigenvalue weighted by atomic mass is 16.4. The lowest BCUT2D eigenvalue weighted by molar-refractivity contribution is -0.146. The predicted molar refractivity (Wildman–Crippen MR) is 72.0 cm³/mol. The molecule has 1 aliphatic rings. The van der Waals surface area contributed by atoms with Gasteiger partial charge in [0, 0.05) is 6.42 Å². The lowest BCUT2D eigenvalue weighted by Gasteiger charge is -2.22. The van der Waals surface area contributed by atoms with Gasteiger partial charge in [0.25, 0.3) is 0 Å². The first kappa shape index (κ1) is 13.6. The largest absolute Gasteiger partial charge is 0.480 e. The topological polar surface area (TPSA) is 66.4 Å². The molecule has 0 bridgehead atoms. The lowest BCUT2D eigenvalue weighted by atomic mass is 9.96. The smallest absolute Gasteiger partial charge is 0.328 e. The van der Waals surface area contributed by atoms with Crippen LogP contribution >= 0.6 is 0 Å². The molecule has 0 spiro atoms. The Morgan fingerprint density at radius 2 is 2.05 bits per heavy atom. The second-order valence-corrected chi connectivity index (χ2v) is 5.62. The molecule has 1 atom stereocenters. The Morgan fingerprint density at radius 1 is 1.37 bits per heavy atom. The molecule has 2 rings (SSSR count). The molecule has 0 fully saturated rings. The van der Waals surface area contributed by atoms with Crippen molar-refractivity contribution in [1.82, 2.24) is 5.32 Å². The van der Waals surface area contributed by atoms with Crippen LogP contribution in [0.5, 0.6) is 0 Å². The van der Waals surface area contributed by atoms with Crippen LogP contribution in [-0.4, -0.2) is 22.5 Å². The quantitative estimate of drug-likeness (QED) is 0.872. The Morgan fingerprint density at radius 3 is 2.74 bits per heavy atom. The molecule has 0 radical (unpaired) electrons. The van der Waals surface area contributed by atoms with Crippen LogP contribution in [0.15, 0.2) is 24.3 Å². The van der Waals surface area contributed by atoms with Crippen molar-refractivity contribution in [3.63, 3.8) is 0 Å². The fraction of sp³-hybridized carbons (Fsp3) is 0.467. The number of carbonyl (C=O) groups is 2. The molecule has 1 aromatic carbocycles. The standard InChI is InChI=1S/C15H19NO3/c1-15(2,14(18)19)16-13(17)9-11-8-7-10-5-3-4-6-12(10)11/h3-6,11H,7-9H2,1-2H3,(H,16,17)(H,18,19). The van der Waals surface area contributed by atoms with Crippen LogP contribution in [0.2, 0.25) is 0 Å². The Labute approximate surface area is 112 Å². The zero-order chi connectivity index (χ0) is 14.0. The van der Waals surface area contributed by atoms with Crippen molar-refractivity contribution in [3.8, 4) is 0 Å². The first-order valence-corrected chi connectivity index (χ1v) is 6.52. The van der Waals surface area contributed by atoms with Gasteiger partial charge in [-0.3, -0.25) is 4.79 Å². The normalized spacial score (nSPS) is 17.9. The van der Waals surface area contributed by atoms with E-state index in [1.54, 1.807) is 0 Å². The number of hydrogen-bond acceptors (Lipinski definition) is 2. The molecular weight excluding hydrogens is 242 g/mol. The van der Waals surface area contributed by atoms with Gasteiger partial charge in [-0.05, 0) is 43.7 Å². The number of nitrogens with one attached hydrogen (secondary N) is 1. The second kappa shape index (κ2) is 5.03. The molecule has 1 amide bonds. The van der Waals surface area contributed by atoms with Gasteiger partial charge in [0.1, 0.15) is 5.54 Å². The third-order valence-corrected chi connectivity index (χ3v) is 3.68. The Bertz CT molecular complexity index is 508. The van der Waals surface area contributed by atoms with Crippen molar-refractivity contribution in [1.29, 1.82) is 0 Å². The van der Waals surface area contributed by atoms with E-state index in [1.165, 1.54) is 25.0 Å². The zero-order valence-corrected chi connectivity index (χ0v) is 11.3. The first-order chi connectivity index (χ1) is 8.90. The van der Waals surface area contributed by atoms with Crippen LogP contribution in [-0.2, 0) is 16.0 Å². The van der Waals surface area contributed by atoms with Crippen LogP contribution in [0.25, 0.3) is 0 Å². The van der Waals surface area contributed by atoms with Gasteiger partial charge >= 0.3 is 5.97 Å². The van der Waals surface area contributed by atoms with Crippen molar-refractivity contribution < 1.29 is 14.7 Å². The number of amides is 1. The van der Waals surface area contributed by atoms with Crippen molar-refractivity contribution in [3.05, 3.63) is 35.4 Å². The van der Waals surface area contributed by atoms with E-state index in [-0.39, 0.29) is 11.8 Å². The van der Waals surface area contributed by atoms with E-state index in [4.69, 9.17) is 5.11 Å². The number of carbonyl (C=O) groups excluding carboxylic acids is 1. The van der Waals surface area contributed by atoms with Crippen molar-refractivity contribution >= 4 is 11.9 Å². The summed E-state index contributed by atoms with van der Waals surface area (Å²) in [7, 11) is 0. The minimum Gasteiger partial charge on any atom is -0.480 e. The summed E-state index contributed by atoms with van der Waals surface area (Å²) in [4.78, 5) is 22.9. The summed E-state index contributed by atoms with van der Waals surface area (Å²) in [6.07, 6.45) is 2.31. The highest BCUT2D eigenvalue weighted by Crippen LogP contribution is 2.35. The molecule has 0 saturated carbocycles. The fourth-order valence-electron chi connectivity index (χ4n) is 2.53. The number of aryl methyl sites for hydroxylation is 1. The third kappa shape index (κ3) is 2.95. The van der Waals surface area contributed by atoms with Crippen LogP contribution in [0.3, 0.4) is 0 Å². The van der Waals surface area contributed by atoms with Gasteiger partial charge in [-0.1, -0.05) is 24.3 Å². The van der Waals surface area contributed by atoms with Gasteiger partial charge in [0.05, 0.1) is 0 Å². The minimum atomic E-state index is -1.21. The number of carboxylic acid groups (broad SMARTS) is 1. The molecule has 0 aromatic heterocycles. The molecule has 1 aromatic rings. The molecule has 0 saturated heterocycles. The maximum Gasteiger partial charge on any atom is 0.328 e. The van der Waals surface area contributed by atoms with Gasteiger partial charge in [-0.25, -0.2) is 4.79 Å². The molecule has 0 aliphatic heterocycles. The van der Waals surface area contributed by atoms with Crippen LogP contribution in [0.1, 0.15) is 43.7 Å². The van der Waals surface area contributed by atoms with E-state index in [2.05, 4.69) is 17.4 Å². The summed E-state index contributed by atoms with van der Waals surface area (Å²) in [6.45, 7) is 2.99. The molecule has 4 heteroatoms. The average Bonchev–Trinajstić information content (AvgIpc) is 2.72. The summed E-state index contributed by atoms with van der Waals surface area (Å²) < 4.78 is 0. The zero-order valence-electron chi connectivity index (χ0n) is 11.3. The van der Waals surface area contributed by atoms with Crippen LogP contribution in [0, 0.1) is 0 Å². The Hall–Kier alpha value is -1.84. The predicted octanol–water partition coefficient (Wildman–Crippen LogP) is 2.09. The summed E-state index contributed by atoms with van der Waals surface area (Å²) in [5, 5.41) is 11.6. The molecule has 2 N–H and O–H groups in total. The highest BCUT2D eigenvalue weighted by molar-refractivity contribution is 5.86. The molecule has 1 unspecified atom stereocenters. The Balaban J connectivity index is 2.00. The number of carboxylic acids is 1. The molecule has 1 aliphatic carbocycles. The maximum atomic E-state index is 12.0. The average molecular weight is 261 g/mol. The van der Waals surface area contributed by atoms with E-state index >= 15 is 0 Å². The van der Waals surface area contributed by atoms with Crippen molar-refractivity contribution in [2.45, 2.75) is 44.6 Å². The summed E-state index contributed by atoms with van der Waals surface area (Å²) in [5.41, 5.74) is 1.32. The SMILES string of the molecule is CC(C)(NC(=O)CC1CCc2ccccc21)C(=O)O. The molecule has 102 valence electrons. The molecule has 19 heavy (non-hydrogen) atoms. The molecule has 0 heterocycles. The van der Waals surface area contributed by atoms with E-state index in [0.717, 1.165) is 12.8 Å². The minimum absolute atomic E-state index is 0.200. The number of fused-ring (bicyclic) bond motifs is 1. The van der Waals surface area contributed by atoms with Crippen LogP contribution in [0.4, 0.5) is 0 Å². The monoisotopic (exact) mass is 261 g/mol. The summed E-state index contributed by atoms with van der Waals surface area (Å²) in [6, 6.07) is 8.14. The summed E-state index contributed by atoms with van der Waals surface area (Å²) in [5.74, 6) is -1.01. The van der Waals surface area contributed by atoms with Gasteiger partial charge < -0.3 is 10.4 Å². The third-order valence-electron chi connectivity index (χ3n) is 3.68.